The molecule has 25 heavy (non-hydrogen) atoms. The summed E-state index contributed by atoms with van der Waals surface area (Å²) in [6.45, 7) is 2.47. The number of hydrogen-bond donors (Lipinski definition) is 2. The summed E-state index contributed by atoms with van der Waals surface area (Å²) < 4.78 is 5.28. The van der Waals surface area contributed by atoms with Crippen LogP contribution in [0.2, 0.25) is 5.02 Å². The van der Waals surface area contributed by atoms with Gasteiger partial charge in [0.25, 0.3) is 0 Å². The fraction of sp³-hybridized carbons (Fsp3) is 0.235. The third-order valence-corrected chi connectivity index (χ3v) is 4.83. The van der Waals surface area contributed by atoms with Crippen molar-refractivity contribution in [3.05, 3.63) is 57.6 Å². The predicted octanol–water partition coefficient (Wildman–Crippen LogP) is 3.88. The quantitative estimate of drug-likeness (QED) is 0.523. The monoisotopic (exact) mass is 375 g/mol. The molecule has 2 N–H and O–H groups in total. The largest absolute Gasteiger partial charge is 0.349 e. The molecule has 0 saturated heterocycles. The molecule has 1 unspecified atom stereocenters. The smallest absolute Gasteiger partial charge is 0.246 e. The van der Waals surface area contributed by atoms with Gasteiger partial charge in [-0.3, -0.25) is 4.99 Å². The molecule has 0 bridgehead atoms. The molecule has 130 valence electrons. The van der Waals surface area contributed by atoms with Gasteiger partial charge in [-0.15, -0.1) is 11.3 Å². The summed E-state index contributed by atoms with van der Waals surface area (Å²) in [5.74, 6) is 1.69. The number of rotatable bonds is 5. The molecule has 0 saturated carbocycles. The first-order valence-electron chi connectivity index (χ1n) is 7.75. The molecule has 0 aliphatic heterocycles. The van der Waals surface area contributed by atoms with Gasteiger partial charge >= 0.3 is 0 Å². The van der Waals surface area contributed by atoms with E-state index in [0.29, 0.717) is 29.2 Å². The van der Waals surface area contributed by atoms with Gasteiger partial charge in [0.05, 0.1) is 12.6 Å². The molecule has 6 nitrogen and oxygen atoms in total. The van der Waals surface area contributed by atoms with E-state index < -0.39 is 0 Å². The molecule has 1 atom stereocenters. The molecule has 3 aromatic rings. The minimum Gasteiger partial charge on any atom is -0.349 e. The molecule has 0 fully saturated rings. The number of aliphatic imine (C=N–C) groups is 1. The van der Waals surface area contributed by atoms with E-state index in [1.165, 1.54) is 4.88 Å². The lowest BCUT2D eigenvalue weighted by Crippen LogP contribution is -2.38. The molecule has 0 radical (unpaired) electrons. The van der Waals surface area contributed by atoms with Crippen molar-refractivity contribution in [1.82, 2.24) is 20.8 Å². The van der Waals surface area contributed by atoms with Crippen molar-refractivity contribution >= 4 is 28.9 Å². The number of nitrogens with zero attached hydrogens (tertiary/aromatic N) is 3. The predicted molar refractivity (Wildman–Crippen MR) is 101 cm³/mol. The van der Waals surface area contributed by atoms with Crippen LogP contribution in [-0.2, 0) is 6.54 Å². The van der Waals surface area contributed by atoms with E-state index in [4.69, 9.17) is 16.1 Å². The first-order chi connectivity index (χ1) is 12.2. The van der Waals surface area contributed by atoms with Gasteiger partial charge in [-0.2, -0.15) is 4.98 Å². The summed E-state index contributed by atoms with van der Waals surface area (Å²) in [6.07, 6.45) is 0. The van der Waals surface area contributed by atoms with Gasteiger partial charge in [0.2, 0.25) is 11.7 Å². The zero-order valence-electron chi connectivity index (χ0n) is 13.9. The SMILES string of the molecule is CN=C(NCc1nc(-c2ccc(Cl)cc2)no1)NC(C)c1cccs1. The fourth-order valence-corrected chi connectivity index (χ4v) is 3.07. The number of nitrogens with one attached hydrogen (secondary N) is 2. The summed E-state index contributed by atoms with van der Waals surface area (Å²) >= 11 is 7.59. The van der Waals surface area contributed by atoms with Gasteiger partial charge in [0.15, 0.2) is 5.96 Å². The molecular formula is C17H18ClN5OS. The molecule has 0 amide bonds. The second-order valence-electron chi connectivity index (χ2n) is 5.33. The summed E-state index contributed by atoms with van der Waals surface area (Å²) in [6, 6.07) is 11.6. The number of thiophene rings is 1. The minimum atomic E-state index is 0.165. The van der Waals surface area contributed by atoms with Gasteiger partial charge in [-0.1, -0.05) is 22.8 Å². The van der Waals surface area contributed by atoms with Crippen LogP contribution >= 0.6 is 22.9 Å². The van der Waals surface area contributed by atoms with Crippen LogP contribution < -0.4 is 10.6 Å². The van der Waals surface area contributed by atoms with Gasteiger partial charge in [0.1, 0.15) is 0 Å². The Hall–Kier alpha value is -2.38. The standard InChI is InChI=1S/C17H18ClN5OS/c1-11(14-4-3-9-25-14)21-17(19-2)20-10-15-22-16(23-24-15)12-5-7-13(18)8-6-12/h3-9,11H,10H2,1-2H3,(H2,19,20,21). The number of aromatic nitrogens is 2. The zero-order chi connectivity index (χ0) is 17.6. The second kappa shape index (κ2) is 8.13. The van der Waals surface area contributed by atoms with Crippen molar-refractivity contribution < 1.29 is 4.52 Å². The third kappa shape index (κ3) is 4.58. The molecule has 0 aliphatic rings. The maximum absolute atomic E-state index is 5.89. The van der Waals surface area contributed by atoms with E-state index in [0.717, 1.165) is 5.56 Å². The zero-order valence-corrected chi connectivity index (χ0v) is 15.4. The van der Waals surface area contributed by atoms with Gasteiger partial charge in [0, 0.05) is 22.5 Å². The highest BCUT2D eigenvalue weighted by Crippen LogP contribution is 2.19. The summed E-state index contributed by atoms with van der Waals surface area (Å²) in [5.41, 5.74) is 0.855. The highest BCUT2D eigenvalue weighted by molar-refractivity contribution is 7.10. The van der Waals surface area contributed by atoms with Crippen molar-refractivity contribution in [2.24, 2.45) is 4.99 Å². The molecule has 8 heteroatoms. The van der Waals surface area contributed by atoms with Crippen molar-refractivity contribution in [1.29, 1.82) is 0 Å². The molecular weight excluding hydrogens is 358 g/mol. The lowest BCUT2D eigenvalue weighted by atomic mass is 10.2. The van der Waals surface area contributed by atoms with Crippen molar-refractivity contribution in [2.45, 2.75) is 19.5 Å². The van der Waals surface area contributed by atoms with Crippen LogP contribution in [-0.4, -0.2) is 23.1 Å². The molecule has 2 heterocycles. The van der Waals surface area contributed by atoms with Crippen molar-refractivity contribution in [3.63, 3.8) is 0 Å². The van der Waals surface area contributed by atoms with E-state index in [1.54, 1.807) is 30.5 Å². The van der Waals surface area contributed by atoms with Crippen LogP contribution in [0.15, 0.2) is 51.3 Å². The third-order valence-electron chi connectivity index (χ3n) is 3.52. The number of hydrogen-bond acceptors (Lipinski definition) is 5. The summed E-state index contributed by atoms with van der Waals surface area (Å²) in [5, 5.41) is 13.2. The van der Waals surface area contributed by atoms with E-state index >= 15 is 0 Å². The Balaban J connectivity index is 1.58. The van der Waals surface area contributed by atoms with Gasteiger partial charge in [-0.05, 0) is 42.6 Å². The van der Waals surface area contributed by atoms with E-state index in [9.17, 15) is 0 Å². The van der Waals surface area contributed by atoms with Crippen molar-refractivity contribution in [3.8, 4) is 11.4 Å². The Labute approximate surface area is 154 Å². The van der Waals surface area contributed by atoms with Crippen molar-refractivity contribution in [2.75, 3.05) is 7.05 Å². The highest BCUT2D eigenvalue weighted by Gasteiger charge is 2.11. The average molecular weight is 376 g/mol. The lowest BCUT2D eigenvalue weighted by molar-refractivity contribution is 0.375. The Bertz CT molecular complexity index is 829. The van der Waals surface area contributed by atoms with E-state index in [-0.39, 0.29) is 6.04 Å². The van der Waals surface area contributed by atoms with Gasteiger partial charge < -0.3 is 15.2 Å². The van der Waals surface area contributed by atoms with Crippen LogP contribution in [0, 0.1) is 0 Å². The fourth-order valence-electron chi connectivity index (χ4n) is 2.21. The maximum Gasteiger partial charge on any atom is 0.246 e. The number of halogens is 1. The van der Waals surface area contributed by atoms with Crippen LogP contribution in [0.5, 0.6) is 0 Å². The van der Waals surface area contributed by atoms with Gasteiger partial charge in [-0.25, -0.2) is 0 Å². The Kier molecular flexibility index (Phi) is 5.67. The number of guanidine groups is 1. The van der Waals surface area contributed by atoms with Crippen LogP contribution in [0.25, 0.3) is 11.4 Å². The molecule has 0 spiro atoms. The molecule has 3 rings (SSSR count). The second-order valence-corrected chi connectivity index (χ2v) is 6.74. The molecule has 2 aromatic heterocycles. The van der Waals surface area contributed by atoms with Crippen LogP contribution in [0.4, 0.5) is 0 Å². The first-order valence-corrected chi connectivity index (χ1v) is 9.00. The topological polar surface area (TPSA) is 75.3 Å². The first kappa shape index (κ1) is 17.4. The van der Waals surface area contributed by atoms with Crippen LogP contribution in [0.3, 0.4) is 0 Å². The Morgan fingerprint density at radius 1 is 1.32 bits per heavy atom. The Morgan fingerprint density at radius 2 is 2.12 bits per heavy atom. The summed E-state index contributed by atoms with van der Waals surface area (Å²) in [4.78, 5) is 9.85. The molecule has 0 aliphatic carbocycles. The normalized spacial score (nSPS) is 12.8. The molecule has 1 aromatic carbocycles. The minimum absolute atomic E-state index is 0.165. The average Bonchev–Trinajstić information content (AvgIpc) is 3.31. The van der Waals surface area contributed by atoms with E-state index in [1.807, 2.05) is 18.2 Å². The number of benzene rings is 1. The Morgan fingerprint density at radius 3 is 2.80 bits per heavy atom. The maximum atomic E-state index is 5.89. The summed E-state index contributed by atoms with van der Waals surface area (Å²) in [7, 11) is 1.73. The lowest BCUT2D eigenvalue weighted by Gasteiger charge is -2.15. The highest BCUT2D eigenvalue weighted by atomic mass is 35.5. The van der Waals surface area contributed by atoms with E-state index in [2.05, 4.69) is 44.1 Å². The van der Waals surface area contributed by atoms with Crippen LogP contribution in [0.1, 0.15) is 23.7 Å².